The van der Waals surface area contributed by atoms with Crippen molar-refractivity contribution in [1.29, 1.82) is 0 Å². The number of benzene rings is 2. The Labute approximate surface area is 135 Å². The number of aromatic amines is 1. The van der Waals surface area contributed by atoms with Crippen LogP contribution >= 0.6 is 0 Å². The van der Waals surface area contributed by atoms with E-state index >= 15 is 0 Å². The molecule has 0 aliphatic carbocycles. The van der Waals surface area contributed by atoms with Crippen molar-refractivity contribution in [3.63, 3.8) is 0 Å². The van der Waals surface area contributed by atoms with E-state index in [1.54, 1.807) is 0 Å². The van der Waals surface area contributed by atoms with Gasteiger partial charge >= 0.3 is 0 Å². The molecule has 0 saturated carbocycles. The van der Waals surface area contributed by atoms with Crippen molar-refractivity contribution in [3.8, 4) is 0 Å². The average Bonchev–Trinajstić information content (AvgIpc) is 3.21. The summed E-state index contributed by atoms with van der Waals surface area (Å²) in [7, 11) is 0. The van der Waals surface area contributed by atoms with Crippen molar-refractivity contribution in [2.45, 2.75) is 31.4 Å². The fraction of sp³-hybridized carbons (Fsp3) is 0.316. The van der Waals surface area contributed by atoms with Crippen LogP contribution in [0.2, 0.25) is 0 Å². The first-order valence-corrected chi connectivity index (χ1v) is 8.25. The Hall–Kier alpha value is -2.33. The van der Waals surface area contributed by atoms with Crippen LogP contribution in [0.25, 0.3) is 11.0 Å². The number of fused-ring (bicyclic) bond motifs is 1. The van der Waals surface area contributed by atoms with Gasteiger partial charge < -0.3 is 15.0 Å². The summed E-state index contributed by atoms with van der Waals surface area (Å²) in [6.45, 7) is 0.992. The molecule has 2 atom stereocenters. The van der Waals surface area contributed by atoms with Crippen molar-refractivity contribution in [2.24, 2.45) is 0 Å². The van der Waals surface area contributed by atoms with Gasteiger partial charge in [-0.15, -0.1) is 0 Å². The highest BCUT2D eigenvalue weighted by Gasteiger charge is 2.29. The second-order valence-corrected chi connectivity index (χ2v) is 6.23. The van der Waals surface area contributed by atoms with Gasteiger partial charge in [-0.2, -0.15) is 0 Å². The van der Waals surface area contributed by atoms with Crippen LogP contribution in [0.1, 0.15) is 30.9 Å². The molecule has 4 nitrogen and oxygen atoms in total. The summed E-state index contributed by atoms with van der Waals surface area (Å²) in [5.74, 6) is 0.925. The Morgan fingerprint density at radius 3 is 2.74 bits per heavy atom. The van der Waals surface area contributed by atoms with Crippen LogP contribution in [0, 0.1) is 0 Å². The summed E-state index contributed by atoms with van der Waals surface area (Å²) in [5, 5.41) is 10.5. The predicted molar refractivity (Wildman–Crippen MR) is 92.5 cm³/mol. The molecule has 2 N–H and O–H groups in total. The monoisotopic (exact) mass is 307 g/mol. The molecule has 1 aliphatic rings. The summed E-state index contributed by atoms with van der Waals surface area (Å²) in [4.78, 5) is 10.4. The van der Waals surface area contributed by atoms with Gasteiger partial charge in [-0.1, -0.05) is 42.5 Å². The van der Waals surface area contributed by atoms with Gasteiger partial charge in [-0.25, -0.2) is 4.98 Å². The van der Waals surface area contributed by atoms with Crippen LogP contribution in [0.5, 0.6) is 0 Å². The van der Waals surface area contributed by atoms with Gasteiger partial charge in [0.05, 0.1) is 17.1 Å². The van der Waals surface area contributed by atoms with E-state index in [0.717, 1.165) is 48.4 Å². The molecule has 4 rings (SSSR count). The number of aliphatic hydroxyl groups is 1. The van der Waals surface area contributed by atoms with Crippen molar-refractivity contribution < 1.29 is 5.11 Å². The molecule has 2 unspecified atom stereocenters. The van der Waals surface area contributed by atoms with Gasteiger partial charge in [-0.3, -0.25) is 0 Å². The summed E-state index contributed by atoms with van der Waals surface area (Å²) < 4.78 is 0. The lowest BCUT2D eigenvalue weighted by molar-refractivity contribution is 0.158. The molecule has 2 aromatic carbocycles. The second kappa shape index (κ2) is 6.05. The normalized spacial score (nSPS) is 19.3. The number of rotatable bonds is 4. The van der Waals surface area contributed by atoms with E-state index in [4.69, 9.17) is 4.98 Å². The highest BCUT2D eigenvalue weighted by atomic mass is 16.3. The van der Waals surface area contributed by atoms with E-state index in [2.05, 4.69) is 16.0 Å². The third kappa shape index (κ3) is 2.82. The van der Waals surface area contributed by atoms with Crippen molar-refractivity contribution in [2.75, 3.05) is 11.4 Å². The molecule has 23 heavy (non-hydrogen) atoms. The average molecular weight is 307 g/mol. The maximum atomic E-state index is 10.5. The lowest BCUT2D eigenvalue weighted by atomic mass is 10.0. The molecule has 118 valence electrons. The Balaban J connectivity index is 1.54. The highest BCUT2D eigenvalue weighted by molar-refractivity contribution is 5.77. The van der Waals surface area contributed by atoms with Gasteiger partial charge in [-0.05, 0) is 37.0 Å². The summed E-state index contributed by atoms with van der Waals surface area (Å²) in [5.41, 5.74) is 3.05. The van der Waals surface area contributed by atoms with Crippen molar-refractivity contribution in [3.05, 3.63) is 60.2 Å². The minimum absolute atomic E-state index is 0.325. The number of aromatic nitrogens is 2. The van der Waals surface area contributed by atoms with Gasteiger partial charge in [0.25, 0.3) is 0 Å². The molecular formula is C19H21N3O. The van der Waals surface area contributed by atoms with E-state index in [0.29, 0.717) is 6.04 Å². The zero-order chi connectivity index (χ0) is 15.6. The van der Waals surface area contributed by atoms with E-state index in [1.165, 1.54) is 0 Å². The first kappa shape index (κ1) is 14.3. The molecule has 2 heterocycles. The summed E-state index contributed by atoms with van der Waals surface area (Å²) in [6, 6.07) is 18.3. The Bertz CT molecular complexity index is 750. The molecule has 1 saturated heterocycles. The van der Waals surface area contributed by atoms with Crippen LogP contribution < -0.4 is 4.90 Å². The SMILES string of the molecule is OC(CC1CCCN1c1nc2ccccc2[nH]1)c1ccccc1. The van der Waals surface area contributed by atoms with Gasteiger partial charge in [0, 0.05) is 12.6 Å². The van der Waals surface area contributed by atoms with Crippen LogP contribution in [0.3, 0.4) is 0 Å². The summed E-state index contributed by atoms with van der Waals surface area (Å²) in [6.07, 6.45) is 2.55. The number of H-pyrrole nitrogens is 1. The van der Waals surface area contributed by atoms with Crippen LogP contribution in [0.15, 0.2) is 54.6 Å². The number of nitrogens with zero attached hydrogens (tertiary/aromatic N) is 2. The van der Waals surface area contributed by atoms with E-state index in [9.17, 15) is 5.11 Å². The fourth-order valence-electron chi connectivity index (χ4n) is 3.50. The Morgan fingerprint density at radius 2 is 1.91 bits per heavy atom. The van der Waals surface area contributed by atoms with Crippen molar-refractivity contribution >= 4 is 17.0 Å². The van der Waals surface area contributed by atoms with E-state index in [1.807, 2.05) is 48.5 Å². The van der Waals surface area contributed by atoms with E-state index < -0.39 is 6.10 Å². The molecule has 1 aliphatic heterocycles. The molecular weight excluding hydrogens is 286 g/mol. The first-order chi connectivity index (χ1) is 11.3. The van der Waals surface area contributed by atoms with Crippen LogP contribution in [-0.2, 0) is 0 Å². The number of aliphatic hydroxyl groups excluding tert-OH is 1. The van der Waals surface area contributed by atoms with Crippen molar-refractivity contribution in [1.82, 2.24) is 9.97 Å². The molecule has 0 amide bonds. The highest BCUT2D eigenvalue weighted by Crippen LogP contribution is 2.31. The zero-order valence-corrected chi connectivity index (χ0v) is 13.0. The predicted octanol–water partition coefficient (Wildman–Crippen LogP) is 3.66. The summed E-state index contributed by atoms with van der Waals surface area (Å²) >= 11 is 0. The van der Waals surface area contributed by atoms with Crippen LogP contribution in [-0.4, -0.2) is 27.7 Å². The number of anilines is 1. The van der Waals surface area contributed by atoms with E-state index in [-0.39, 0.29) is 0 Å². The minimum atomic E-state index is -0.425. The fourth-order valence-corrected chi connectivity index (χ4v) is 3.50. The molecule has 1 aromatic heterocycles. The van der Waals surface area contributed by atoms with Gasteiger partial charge in [0.1, 0.15) is 0 Å². The number of imidazole rings is 1. The molecule has 3 aromatic rings. The molecule has 0 spiro atoms. The number of hydrogen-bond acceptors (Lipinski definition) is 3. The topological polar surface area (TPSA) is 52.1 Å². The van der Waals surface area contributed by atoms with Gasteiger partial charge in [0.2, 0.25) is 5.95 Å². The number of nitrogens with one attached hydrogen (secondary N) is 1. The Morgan fingerprint density at radius 1 is 1.13 bits per heavy atom. The van der Waals surface area contributed by atoms with Crippen LogP contribution in [0.4, 0.5) is 5.95 Å². The second-order valence-electron chi connectivity index (χ2n) is 6.23. The first-order valence-electron chi connectivity index (χ1n) is 8.25. The molecule has 1 fully saturated rings. The maximum Gasteiger partial charge on any atom is 0.204 e. The zero-order valence-electron chi connectivity index (χ0n) is 13.0. The molecule has 0 bridgehead atoms. The third-order valence-corrected chi connectivity index (χ3v) is 4.71. The smallest absolute Gasteiger partial charge is 0.204 e. The molecule has 0 radical (unpaired) electrons. The lowest BCUT2D eigenvalue weighted by Gasteiger charge is -2.26. The maximum absolute atomic E-state index is 10.5. The standard InChI is InChI=1S/C19H21N3O/c23-18(14-7-2-1-3-8-14)13-15-9-6-12-22(15)19-20-16-10-4-5-11-17(16)21-19/h1-5,7-8,10-11,15,18,23H,6,9,12-13H2,(H,20,21). The number of para-hydroxylation sites is 2. The van der Waals surface area contributed by atoms with Gasteiger partial charge in [0.15, 0.2) is 0 Å². The largest absolute Gasteiger partial charge is 0.388 e. The quantitative estimate of drug-likeness (QED) is 0.773. The minimum Gasteiger partial charge on any atom is -0.388 e. The third-order valence-electron chi connectivity index (χ3n) is 4.71. The Kier molecular flexibility index (Phi) is 3.75. The molecule has 4 heteroatoms. The lowest BCUT2D eigenvalue weighted by Crippen LogP contribution is -2.31. The number of hydrogen-bond donors (Lipinski definition) is 2.